The highest BCUT2D eigenvalue weighted by molar-refractivity contribution is 9.10. The molecule has 1 heterocycles. The zero-order valence-corrected chi connectivity index (χ0v) is 11.7. The molecule has 5 heteroatoms. The van der Waals surface area contributed by atoms with E-state index in [9.17, 15) is 9.90 Å². The molecular weight excluding hydrogens is 308 g/mol. The van der Waals surface area contributed by atoms with Crippen molar-refractivity contribution in [2.75, 3.05) is 6.54 Å². The molecule has 98 valence electrons. The van der Waals surface area contributed by atoms with Crippen molar-refractivity contribution in [3.8, 4) is 0 Å². The molecule has 0 bridgehead atoms. The molecule has 0 aliphatic carbocycles. The number of rotatable bonds is 4. The summed E-state index contributed by atoms with van der Waals surface area (Å²) in [5.74, 6) is -0.269. The molecule has 0 radical (unpaired) electrons. The Morgan fingerprint density at radius 2 is 2.00 bits per heavy atom. The van der Waals surface area contributed by atoms with E-state index in [1.54, 1.807) is 18.3 Å². The first kappa shape index (κ1) is 13.7. The summed E-state index contributed by atoms with van der Waals surface area (Å²) in [6, 6.07) is 12.6. The second-order valence-electron chi connectivity index (χ2n) is 3.98. The van der Waals surface area contributed by atoms with Crippen LogP contribution in [0.25, 0.3) is 0 Å². The van der Waals surface area contributed by atoms with E-state index >= 15 is 0 Å². The average Bonchev–Trinajstić information content (AvgIpc) is 2.46. The molecule has 0 saturated carbocycles. The summed E-state index contributed by atoms with van der Waals surface area (Å²) in [5.41, 5.74) is 1.22. The first-order valence-electron chi connectivity index (χ1n) is 5.80. The van der Waals surface area contributed by atoms with Gasteiger partial charge in [0.25, 0.3) is 5.91 Å². The van der Waals surface area contributed by atoms with Crippen molar-refractivity contribution in [3.05, 3.63) is 64.4 Å². The maximum Gasteiger partial charge on any atom is 0.254 e. The van der Waals surface area contributed by atoms with Crippen LogP contribution in [0.3, 0.4) is 0 Å². The predicted octanol–water partition coefficient (Wildman–Crippen LogP) is 2.31. The van der Waals surface area contributed by atoms with E-state index in [-0.39, 0.29) is 12.5 Å². The number of amides is 1. The Labute approximate surface area is 119 Å². The van der Waals surface area contributed by atoms with Crippen LogP contribution >= 0.6 is 15.9 Å². The molecule has 0 fully saturated rings. The fourth-order valence-corrected chi connectivity index (χ4v) is 2.06. The summed E-state index contributed by atoms with van der Waals surface area (Å²) >= 11 is 3.21. The lowest BCUT2D eigenvalue weighted by molar-refractivity contribution is 0.0915. The van der Waals surface area contributed by atoms with E-state index in [2.05, 4.69) is 26.2 Å². The molecule has 1 amide bonds. The molecule has 0 saturated heterocycles. The summed E-state index contributed by atoms with van der Waals surface area (Å²) in [7, 11) is 0. The van der Waals surface area contributed by atoms with Crippen molar-refractivity contribution in [1.82, 2.24) is 10.3 Å². The number of carbonyl (C=O) groups is 1. The largest absolute Gasteiger partial charge is 0.387 e. The lowest BCUT2D eigenvalue weighted by Gasteiger charge is -2.12. The molecule has 2 N–H and O–H groups in total. The van der Waals surface area contributed by atoms with Crippen LogP contribution in [0, 0.1) is 0 Å². The van der Waals surface area contributed by atoms with Crippen molar-refractivity contribution in [3.63, 3.8) is 0 Å². The Hall–Kier alpha value is -1.72. The van der Waals surface area contributed by atoms with Crippen LogP contribution in [0.4, 0.5) is 0 Å². The van der Waals surface area contributed by atoms with Crippen LogP contribution < -0.4 is 5.32 Å². The van der Waals surface area contributed by atoms with Crippen molar-refractivity contribution in [1.29, 1.82) is 0 Å². The highest BCUT2D eigenvalue weighted by atomic mass is 79.9. The van der Waals surface area contributed by atoms with Crippen LogP contribution in [-0.2, 0) is 0 Å². The van der Waals surface area contributed by atoms with Crippen LogP contribution in [-0.4, -0.2) is 22.5 Å². The third kappa shape index (κ3) is 3.62. The van der Waals surface area contributed by atoms with Gasteiger partial charge in [0.15, 0.2) is 0 Å². The first-order chi connectivity index (χ1) is 9.18. The monoisotopic (exact) mass is 320 g/mol. The summed E-state index contributed by atoms with van der Waals surface area (Å²) in [4.78, 5) is 15.9. The number of aromatic nitrogens is 1. The Morgan fingerprint density at radius 1 is 1.26 bits per heavy atom. The van der Waals surface area contributed by atoms with E-state index in [0.29, 0.717) is 10.2 Å². The van der Waals surface area contributed by atoms with Gasteiger partial charge in [0.1, 0.15) is 4.60 Å². The van der Waals surface area contributed by atoms with E-state index in [1.165, 1.54) is 0 Å². The zero-order chi connectivity index (χ0) is 13.7. The van der Waals surface area contributed by atoms with Gasteiger partial charge in [0.05, 0.1) is 11.7 Å². The fourth-order valence-electron chi connectivity index (χ4n) is 1.63. The molecule has 4 nitrogen and oxygen atoms in total. The fraction of sp³-hybridized carbons (Fsp3) is 0.143. The van der Waals surface area contributed by atoms with Gasteiger partial charge in [-0.25, -0.2) is 4.98 Å². The molecule has 1 aromatic carbocycles. The topological polar surface area (TPSA) is 62.2 Å². The van der Waals surface area contributed by atoms with Crippen LogP contribution in [0.15, 0.2) is 53.3 Å². The number of pyridine rings is 1. The molecule has 2 aromatic rings. The summed E-state index contributed by atoms with van der Waals surface area (Å²) in [5, 5.41) is 12.6. The predicted molar refractivity (Wildman–Crippen MR) is 75.7 cm³/mol. The van der Waals surface area contributed by atoms with E-state index in [1.807, 2.05) is 30.3 Å². The Bertz CT molecular complexity index is 560. The normalized spacial score (nSPS) is 11.9. The lowest BCUT2D eigenvalue weighted by Crippen LogP contribution is -2.28. The average molecular weight is 321 g/mol. The minimum absolute atomic E-state index is 0.157. The molecule has 1 unspecified atom stereocenters. The number of aliphatic hydroxyl groups is 1. The molecular formula is C14H13BrN2O2. The van der Waals surface area contributed by atoms with Gasteiger partial charge < -0.3 is 10.4 Å². The number of hydrogen-bond acceptors (Lipinski definition) is 3. The third-order valence-electron chi connectivity index (χ3n) is 2.64. The molecule has 19 heavy (non-hydrogen) atoms. The van der Waals surface area contributed by atoms with Gasteiger partial charge in [0.2, 0.25) is 0 Å². The van der Waals surface area contributed by atoms with E-state index < -0.39 is 6.10 Å². The van der Waals surface area contributed by atoms with E-state index in [4.69, 9.17) is 0 Å². The zero-order valence-electron chi connectivity index (χ0n) is 10.1. The number of halogens is 1. The van der Waals surface area contributed by atoms with Gasteiger partial charge in [-0.05, 0) is 33.6 Å². The van der Waals surface area contributed by atoms with Gasteiger partial charge in [-0.15, -0.1) is 0 Å². The quantitative estimate of drug-likeness (QED) is 0.850. The molecule has 2 rings (SSSR count). The number of aliphatic hydroxyl groups excluding tert-OH is 1. The highest BCUT2D eigenvalue weighted by Crippen LogP contribution is 2.14. The Balaban J connectivity index is 1.96. The maximum absolute atomic E-state index is 11.9. The van der Waals surface area contributed by atoms with Gasteiger partial charge >= 0.3 is 0 Å². The van der Waals surface area contributed by atoms with Crippen molar-refractivity contribution in [2.45, 2.75) is 6.10 Å². The van der Waals surface area contributed by atoms with Crippen LogP contribution in [0.5, 0.6) is 0 Å². The number of hydrogen-bond donors (Lipinski definition) is 2. The minimum atomic E-state index is -0.722. The highest BCUT2D eigenvalue weighted by Gasteiger charge is 2.12. The van der Waals surface area contributed by atoms with Gasteiger partial charge in [-0.3, -0.25) is 4.79 Å². The second kappa shape index (κ2) is 6.45. The first-order valence-corrected chi connectivity index (χ1v) is 6.59. The lowest BCUT2D eigenvalue weighted by atomic mass is 10.1. The van der Waals surface area contributed by atoms with Gasteiger partial charge in [0, 0.05) is 12.7 Å². The SMILES string of the molecule is O=C(NCC(O)c1ccccc1)c1cccnc1Br. The van der Waals surface area contributed by atoms with Gasteiger partial charge in [-0.2, -0.15) is 0 Å². The number of carbonyl (C=O) groups excluding carboxylic acids is 1. The minimum Gasteiger partial charge on any atom is -0.387 e. The van der Waals surface area contributed by atoms with Gasteiger partial charge in [-0.1, -0.05) is 30.3 Å². The third-order valence-corrected chi connectivity index (χ3v) is 3.28. The molecule has 0 spiro atoms. The number of nitrogens with one attached hydrogen (secondary N) is 1. The van der Waals surface area contributed by atoms with Crippen LogP contribution in [0.1, 0.15) is 22.0 Å². The maximum atomic E-state index is 11.9. The summed E-state index contributed by atoms with van der Waals surface area (Å²) in [6.07, 6.45) is 0.875. The van der Waals surface area contributed by atoms with E-state index in [0.717, 1.165) is 5.56 Å². The molecule has 0 aliphatic heterocycles. The van der Waals surface area contributed by atoms with Crippen LogP contribution in [0.2, 0.25) is 0 Å². The number of nitrogens with zero attached hydrogens (tertiary/aromatic N) is 1. The summed E-state index contributed by atoms with van der Waals surface area (Å²) < 4.78 is 0.488. The van der Waals surface area contributed by atoms with Crippen molar-refractivity contribution < 1.29 is 9.90 Å². The molecule has 1 aromatic heterocycles. The number of benzene rings is 1. The van der Waals surface area contributed by atoms with Crippen molar-refractivity contribution in [2.24, 2.45) is 0 Å². The summed E-state index contributed by atoms with van der Waals surface area (Å²) in [6.45, 7) is 0.157. The second-order valence-corrected chi connectivity index (χ2v) is 4.73. The molecule has 0 aliphatic rings. The van der Waals surface area contributed by atoms with Crippen molar-refractivity contribution >= 4 is 21.8 Å². The smallest absolute Gasteiger partial charge is 0.254 e. The molecule has 1 atom stereocenters. The standard InChI is InChI=1S/C14H13BrN2O2/c15-13-11(7-4-8-16-13)14(19)17-9-12(18)10-5-2-1-3-6-10/h1-8,12,18H,9H2,(H,17,19). The Kier molecular flexibility index (Phi) is 4.65. The Morgan fingerprint density at radius 3 is 2.68 bits per heavy atom.